The van der Waals surface area contributed by atoms with Crippen LogP contribution in [-0.2, 0) is 11.2 Å². The summed E-state index contributed by atoms with van der Waals surface area (Å²) >= 11 is 0. The predicted octanol–water partition coefficient (Wildman–Crippen LogP) is 2.77. The maximum atomic E-state index is 12.0. The molecule has 0 bridgehead atoms. The zero-order valence-electron chi connectivity index (χ0n) is 11.6. The first-order valence-corrected chi connectivity index (χ1v) is 6.40. The molecular weight excluding hydrogens is 252 g/mol. The van der Waals surface area contributed by atoms with Crippen LogP contribution in [0, 0.1) is 13.8 Å². The Morgan fingerprint density at radius 3 is 2.70 bits per heavy atom. The molecule has 4 nitrogen and oxygen atoms in total. The third-order valence-corrected chi connectivity index (χ3v) is 3.03. The summed E-state index contributed by atoms with van der Waals surface area (Å²) in [5, 5.41) is 12.7. The lowest BCUT2D eigenvalue weighted by Gasteiger charge is -2.11. The van der Waals surface area contributed by atoms with Gasteiger partial charge in [0.1, 0.15) is 5.75 Å². The molecule has 0 aliphatic rings. The van der Waals surface area contributed by atoms with Gasteiger partial charge >= 0.3 is 0 Å². The lowest BCUT2D eigenvalue weighted by molar-refractivity contribution is -0.115. The molecule has 2 aromatic rings. The summed E-state index contributed by atoms with van der Waals surface area (Å²) in [5.41, 5.74) is 9.31. The fourth-order valence-corrected chi connectivity index (χ4v) is 2.14. The smallest absolute Gasteiger partial charge is 0.228 e. The number of phenolic OH excluding ortho intramolecular Hbond substituents is 1. The second-order valence-electron chi connectivity index (χ2n) is 4.95. The van der Waals surface area contributed by atoms with Crippen LogP contribution in [0.2, 0.25) is 0 Å². The van der Waals surface area contributed by atoms with Crippen LogP contribution < -0.4 is 11.1 Å². The van der Waals surface area contributed by atoms with Crippen molar-refractivity contribution in [3.63, 3.8) is 0 Å². The second-order valence-corrected chi connectivity index (χ2v) is 4.95. The van der Waals surface area contributed by atoms with Crippen molar-refractivity contribution in [2.45, 2.75) is 20.3 Å². The van der Waals surface area contributed by atoms with Gasteiger partial charge in [-0.25, -0.2) is 0 Å². The molecule has 0 unspecified atom stereocenters. The fraction of sp³-hybridized carbons (Fsp3) is 0.188. The number of amides is 1. The standard InChI is InChI=1S/C16H18N2O2/c1-10-6-11(2)16(20)14(7-10)18-15(19)9-12-4-3-5-13(17)8-12/h3-8,20H,9,17H2,1-2H3,(H,18,19). The van der Waals surface area contributed by atoms with Gasteiger partial charge in [-0.2, -0.15) is 0 Å². The summed E-state index contributed by atoms with van der Waals surface area (Å²) in [4.78, 5) is 12.0. The Morgan fingerprint density at radius 2 is 2.00 bits per heavy atom. The van der Waals surface area contributed by atoms with Crippen LogP contribution in [0.15, 0.2) is 36.4 Å². The van der Waals surface area contributed by atoms with Crippen LogP contribution in [0.3, 0.4) is 0 Å². The van der Waals surface area contributed by atoms with Gasteiger partial charge in [0.05, 0.1) is 12.1 Å². The van der Waals surface area contributed by atoms with Crippen molar-refractivity contribution in [1.29, 1.82) is 0 Å². The number of benzene rings is 2. The van der Waals surface area contributed by atoms with Gasteiger partial charge in [0.15, 0.2) is 0 Å². The Hall–Kier alpha value is -2.49. The van der Waals surface area contributed by atoms with E-state index >= 15 is 0 Å². The van der Waals surface area contributed by atoms with Gasteiger partial charge in [-0.05, 0) is 48.7 Å². The van der Waals surface area contributed by atoms with Crippen molar-refractivity contribution in [1.82, 2.24) is 0 Å². The average molecular weight is 270 g/mol. The van der Waals surface area contributed by atoms with E-state index in [0.717, 1.165) is 16.7 Å². The Morgan fingerprint density at radius 1 is 1.25 bits per heavy atom. The van der Waals surface area contributed by atoms with Crippen molar-refractivity contribution >= 4 is 17.3 Å². The molecule has 0 aromatic heterocycles. The van der Waals surface area contributed by atoms with E-state index in [-0.39, 0.29) is 18.1 Å². The van der Waals surface area contributed by atoms with Crippen molar-refractivity contribution in [3.8, 4) is 5.75 Å². The molecule has 0 saturated carbocycles. The summed E-state index contributed by atoms with van der Waals surface area (Å²) in [5.74, 6) is -0.0765. The number of nitrogens with one attached hydrogen (secondary N) is 1. The fourth-order valence-electron chi connectivity index (χ4n) is 2.14. The molecule has 4 N–H and O–H groups in total. The maximum Gasteiger partial charge on any atom is 0.228 e. The Balaban J connectivity index is 2.12. The first kappa shape index (κ1) is 13.9. The van der Waals surface area contributed by atoms with E-state index in [2.05, 4.69) is 5.32 Å². The molecule has 20 heavy (non-hydrogen) atoms. The SMILES string of the molecule is Cc1cc(C)c(O)c(NC(=O)Cc2cccc(N)c2)c1. The molecule has 0 saturated heterocycles. The third-order valence-electron chi connectivity index (χ3n) is 3.03. The second kappa shape index (κ2) is 5.65. The zero-order chi connectivity index (χ0) is 14.7. The number of carbonyl (C=O) groups excluding carboxylic acids is 1. The molecule has 0 atom stereocenters. The minimum absolute atomic E-state index is 0.108. The molecule has 0 spiro atoms. The van der Waals surface area contributed by atoms with Crippen LogP contribution in [-0.4, -0.2) is 11.0 Å². The van der Waals surface area contributed by atoms with Gasteiger partial charge in [0, 0.05) is 5.69 Å². The number of anilines is 2. The summed E-state index contributed by atoms with van der Waals surface area (Å²) in [6.45, 7) is 3.72. The van der Waals surface area contributed by atoms with E-state index in [9.17, 15) is 9.90 Å². The number of phenols is 1. The highest BCUT2D eigenvalue weighted by atomic mass is 16.3. The van der Waals surface area contributed by atoms with Gasteiger partial charge in [-0.3, -0.25) is 4.79 Å². The highest BCUT2D eigenvalue weighted by Crippen LogP contribution is 2.28. The molecule has 0 fully saturated rings. The van der Waals surface area contributed by atoms with Crippen LogP contribution in [0.25, 0.3) is 0 Å². The van der Waals surface area contributed by atoms with Crippen molar-refractivity contribution in [2.24, 2.45) is 0 Å². The van der Waals surface area contributed by atoms with Crippen LogP contribution in [0.4, 0.5) is 11.4 Å². The van der Waals surface area contributed by atoms with Gasteiger partial charge in [-0.15, -0.1) is 0 Å². The average Bonchev–Trinajstić information content (AvgIpc) is 2.35. The van der Waals surface area contributed by atoms with Crippen molar-refractivity contribution in [3.05, 3.63) is 53.1 Å². The van der Waals surface area contributed by atoms with E-state index in [4.69, 9.17) is 5.73 Å². The lowest BCUT2D eigenvalue weighted by Crippen LogP contribution is -2.15. The lowest BCUT2D eigenvalue weighted by atomic mass is 10.1. The minimum Gasteiger partial charge on any atom is -0.505 e. The molecule has 0 aliphatic heterocycles. The highest BCUT2D eigenvalue weighted by Gasteiger charge is 2.10. The molecule has 1 amide bonds. The van der Waals surface area contributed by atoms with E-state index in [1.165, 1.54) is 0 Å². The number of aromatic hydroxyl groups is 1. The number of aryl methyl sites for hydroxylation is 2. The summed E-state index contributed by atoms with van der Waals surface area (Å²) in [6, 6.07) is 10.8. The maximum absolute atomic E-state index is 12.0. The summed E-state index contributed by atoms with van der Waals surface area (Å²) < 4.78 is 0. The monoisotopic (exact) mass is 270 g/mol. The van der Waals surface area contributed by atoms with Gasteiger partial charge in [-0.1, -0.05) is 18.2 Å². The van der Waals surface area contributed by atoms with Gasteiger partial charge < -0.3 is 16.2 Å². The van der Waals surface area contributed by atoms with Gasteiger partial charge in [0.25, 0.3) is 0 Å². The predicted molar refractivity (Wildman–Crippen MR) is 80.8 cm³/mol. The molecule has 0 heterocycles. The van der Waals surface area contributed by atoms with Crippen LogP contribution in [0.1, 0.15) is 16.7 Å². The zero-order valence-corrected chi connectivity index (χ0v) is 11.6. The van der Waals surface area contributed by atoms with Crippen molar-refractivity contribution in [2.75, 3.05) is 11.1 Å². The molecule has 104 valence electrons. The molecule has 2 rings (SSSR count). The Labute approximate surface area is 118 Å². The third kappa shape index (κ3) is 3.29. The van der Waals surface area contributed by atoms with E-state index in [1.54, 1.807) is 25.1 Å². The quantitative estimate of drug-likeness (QED) is 0.593. The normalized spacial score (nSPS) is 10.3. The molecule has 0 aliphatic carbocycles. The number of rotatable bonds is 3. The molecular formula is C16H18N2O2. The number of nitrogen functional groups attached to an aromatic ring is 1. The van der Waals surface area contributed by atoms with E-state index < -0.39 is 0 Å². The van der Waals surface area contributed by atoms with Crippen molar-refractivity contribution < 1.29 is 9.90 Å². The van der Waals surface area contributed by atoms with Crippen LogP contribution in [0.5, 0.6) is 5.75 Å². The topological polar surface area (TPSA) is 75.3 Å². The van der Waals surface area contributed by atoms with E-state index in [1.807, 2.05) is 25.1 Å². The van der Waals surface area contributed by atoms with Gasteiger partial charge in [0.2, 0.25) is 5.91 Å². The number of hydrogen-bond acceptors (Lipinski definition) is 3. The number of nitrogens with two attached hydrogens (primary N) is 1. The molecule has 2 aromatic carbocycles. The van der Waals surface area contributed by atoms with E-state index in [0.29, 0.717) is 11.4 Å². The number of carbonyl (C=O) groups is 1. The first-order chi connectivity index (χ1) is 9.45. The summed E-state index contributed by atoms with van der Waals surface area (Å²) in [6.07, 6.45) is 0.220. The molecule has 0 radical (unpaired) electrons. The minimum atomic E-state index is -0.184. The Bertz CT molecular complexity index is 651. The Kier molecular flexibility index (Phi) is 3.94. The van der Waals surface area contributed by atoms with Crippen LogP contribution >= 0.6 is 0 Å². The largest absolute Gasteiger partial charge is 0.505 e. The first-order valence-electron chi connectivity index (χ1n) is 6.40. The number of hydrogen-bond donors (Lipinski definition) is 3. The summed E-state index contributed by atoms with van der Waals surface area (Å²) in [7, 11) is 0. The highest BCUT2D eigenvalue weighted by molar-refractivity contribution is 5.94. The molecule has 4 heteroatoms.